The number of ether oxygens (including phenoxy) is 2. The average Bonchev–Trinajstić information content (AvgIpc) is 3.14. The van der Waals surface area contributed by atoms with Crippen molar-refractivity contribution in [1.82, 2.24) is 9.97 Å². The molecule has 0 aliphatic carbocycles. The number of carbonyl (C=O) groups excluding carboxylic acids is 2. The summed E-state index contributed by atoms with van der Waals surface area (Å²) in [5, 5.41) is 6.02. The Morgan fingerprint density at radius 2 is 2.04 bits per heavy atom. The molecule has 1 amide bonds. The average molecular weight is 387 g/mol. The van der Waals surface area contributed by atoms with Crippen molar-refractivity contribution in [2.75, 3.05) is 31.4 Å². The third-order valence-electron chi connectivity index (χ3n) is 4.68. The number of rotatable bonds is 2. The molecule has 2 heterocycles. The largest absolute Gasteiger partial charge is 0.464 e. The summed E-state index contributed by atoms with van der Waals surface area (Å²) in [7, 11) is 2.63. The molecule has 1 aromatic carbocycles. The Hall–Kier alpha value is -3.07. The fraction of sp³-hybridized carbons (Fsp3) is 0.421. The highest BCUT2D eigenvalue weighted by Gasteiger charge is 2.24. The quantitative estimate of drug-likeness (QED) is 0.582. The molecule has 0 spiro atoms. The Labute approximate surface area is 163 Å². The van der Waals surface area contributed by atoms with Crippen molar-refractivity contribution in [3.05, 3.63) is 29.7 Å². The van der Waals surface area contributed by atoms with Gasteiger partial charge < -0.3 is 25.5 Å². The Kier molecular flexibility index (Phi) is 6.15. The third kappa shape index (κ3) is 4.25. The second-order valence-corrected chi connectivity index (χ2v) is 6.60. The number of methoxy groups -OCH3 is 2. The summed E-state index contributed by atoms with van der Waals surface area (Å²) in [6.45, 7) is 0.745. The summed E-state index contributed by atoms with van der Waals surface area (Å²) < 4.78 is 9.56. The van der Waals surface area contributed by atoms with Crippen molar-refractivity contribution in [1.29, 1.82) is 0 Å². The van der Waals surface area contributed by atoms with E-state index in [1.165, 1.54) is 14.2 Å². The van der Waals surface area contributed by atoms with Crippen LogP contribution in [0.3, 0.4) is 0 Å². The van der Waals surface area contributed by atoms with Crippen molar-refractivity contribution in [3.8, 4) is 11.3 Å². The van der Waals surface area contributed by atoms with Gasteiger partial charge in [0, 0.05) is 23.5 Å². The number of aromatic nitrogens is 2. The van der Waals surface area contributed by atoms with E-state index in [0.717, 1.165) is 37.9 Å². The fourth-order valence-corrected chi connectivity index (χ4v) is 3.18. The zero-order valence-electron chi connectivity index (χ0n) is 16.0. The molecule has 1 aromatic heterocycles. The van der Waals surface area contributed by atoms with Gasteiger partial charge in [-0.1, -0.05) is 12.8 Å². The van der Waals surface area contributed by atoms with Crippen LogP contribution in [-0.2, 0) is 9.47 Å². The Morgan fingerprint density at radius 1 is 1.21 bits per heavy atom. The van der Waals surface area contributed by atoms with Gasteiger partial charge >= 0.3 is 12.1 Å². The Bertz CT molecular complexity index is 864. The van der Waals surface area contributed by atoms with Gasteiger partial charge in [0.05, 0.1) is 20.3 Å². The first-order valence-corrected chi connectivity index (χ1v) is 9.20. The van der Waals surface area contributed by atoms with E-state index in [2.05, 4.69) is 25.3 Å². The Balaban J connectivity index is 2.10. The second kappa shape index (κ2) is 8.75. The summed E-state index contributed by atoms with van der Waals surface area (Å²) >= 11 is 0. The van der Waals surface area contributed by atoms with Gasteiger partial charge in [-0.2, -0.15) is 0 Å². The number of H-pyrrole nitrogens is 1. The van der Waals surface area contributed by atoms with E-state index in [0.29, 0.717) is 22.8 Å². The van der Waals surface area contributed by atoms with Gasteiger partial charge in [-0.3, -0.25) is 5.32 Å². The molecule has 2 bridgehead atoms. The lowest BCUT2D eigenvalue weighted by atomic mass is 10.1. The number of esters is 1. The summed E-state index contributed by atoms with van der Waals surface area (Å²) in [6, 6.07) is 5.01. The molecular weight excluding hydrogens is 362 g/mol. The molecule has 2 aromatic rings. The van der Waals surface area contributed by atoms with Crippen LogP contribution in [-0.4, -0.2) is 42.8 Å². The van der Waals surface area contributed by atoms with Crippen LogP contribution >= 0.6 is 0 Å². The van der Waals surface area contributed by atoms with E-state index in [1.807, 2.05) is 0 Å². The van der Waals surface area contributed by atoms with Crippen molar-refractivity contribution >= 4 is 23.4 Å². The number of nitrogens with one attached hydrogen (secondary N) is 3. The number of imidazole rings is 1. The lowest BCUT2D eigenvalue weighted by Gasteiger charge is -2.15. The smallest absolute Gasteiger partial charge is 0.411 e. The van der Waals surface area contributed by atoms with Crippen molar-refractivity contribution in [3.63, 3.8) is 0 Å². The van der Waals surface area contributed by atoms with Gasteiger partial charge in [0.25, 0.3) is 0 Å². The van der Waals surface area contributed by atoms with Crippen LogP contribution in [0.1, 0.15) is 48.0 Å². The van der Waals surface area contributed by atoms with E-state index in [-0.39, 0.29) is 11.7 Å². The van der Waals surface area contributed by atoms with E-state index in [4.69, 9.17) is 10.5 Å². The lowest BCUT2D eigenvalue weighted by Crippen LogP contribution is -2.13. The first-order valence-electron chi connectivity index (χ1n) is 9.20. The summed E-state index contributed by atoms with van der Waals surface area (Å²) in [5.74, 6) is 0.0391. The van der Waals surface area contributed by atoms with E-state index in [1.54, 1.807) is 18.2 Å². The zero-order chi connectivity index (χ0) is 20.1. The molecule has 9 heteroatoms. The van der Waals surface area contributed by atoms with Crippen LogP contribution in [0.5, 0.6) is 0 Å². The number of carbonyl (C=O) groups is 2. The topological polar surface area (TPSA) is 131 Å². The number of hydrogen-bond donors (Lipinski definition) is 4. The molecule has 0 fully saturated rings. The number of hydrogen-bond acceptors (Lipinski definition) is 7. The first-order chi connectivity index (χ1) is 13.5. The fourth-order valence-electron chi connectivity index (χ4n) is 3.18. The summed E-state index contributed by atoms with van der Waals surface area (Å²) in [4.78, 5) is 31.5. The third-order valence-corrected chi connectivity index (χ3v) is 4.68. The van der Waals surface area contributed by atoms with Gasteiger partial charge in [0.1, 0.15) is 11.5 Å². The molecule has 28 heavy (non-hydrogen) atoms. The maximum atomic E-state index is 12.3. The van der Waals surface area contributed by atoms with E-state index >= 15 is 0 Å². The molecule has 0 saturated carbocycles. The molecule has 150 valence electrons. The highest BCUT2D eigenvalue weighted by atomic mass is 16.5. The summed E-state index contributed by atoms with van der Waals surface area (Å²) in [6.07, 6.45) is 3.18. The number of anilines is 2. The molecule has 5 N–H and O–H groups in total. The first kappa shape index (κ1) is 19.7. The van der Waals surface area contributed by atoms with Crippen molar-refractivity contribution in [2.24, 2.45) is 5.73 Å². The van der Waals surface area contributed by atoms with Gasteiger partial charge in [0.2, 0.25) is 0 Å². The molecule has 1 unspecified atom stereocenters. The predicted molar refractivity (Wildman–Crippen MR) is 105 cm³/mol. The lowest BCUT2D eigenvalue weighted by molar-refractivity contribution is 0.0595. The van der Waals surface area contributed by atoms with E-state index < -0.39 is 12.1 Å². The zero-order valence-corrected chi connectivity index (χ0v) is 16.0. The molecule has 3 rings (SSSR count). The molecule has 0 saturated heterocycles. The van der Waals surface area contributed by atoms with Crippen LogP contribution in [0.4, 0.5) is 16.2 Å². The van der Waals surface area contributed by atoms with Gasteiger partial charge in [-0.25, -0.2) is 14.6 Å². The number of fused-ring (bicyclic) bond motifs is 4. The van der Waals surface area contributed by atoms with Crippen LogP contribution in [0.25, 0.3) is 11.3 Å². The molecule has 1 aliphatic rings. The molecule has 0 radical (unpaired) electrons. The number of amides is 1. The van der Waals surface area contributed by atoms with Gasteiger partial charge in [-0.15, -0.1) is 0 Å². The van der Waals surface area contributed by atoms with Crippen molar-refractivity contribution in [2.45, 2.75) is 31.7 Å². The number of nitrogens with zero attached hydrogens (tertiary/aromatic N) is 1. The van der Waals surface area contributed by atoms with Crippen LogP contribution in [0.2, 0.25) is 0 Å². The van der Waals surface area contributed by atoms with Crippen LogP contribution < -0.4 is 16.4 Å². The molecular formula is C19H25N5O4. The van der Waals surface area contributed by atoms with Gasteiger partial charge in [0.15, 0.2) is 5.69 Å². The Morgan fingerprint density at radius 3 is 2.79 bits per heavy atom. The van der Waals surface area contributed by atoms with Crippen LogP contribution in [0.15, 0.2) is 18.2 Å². The highest BCUT2D eigenvalue weighted by molar-refractivity contribution is 5.97. The molecule has 9 nitrogen and oxygen atoms in total. The monoisotopic (exact) mass is 387 g/mol. The number of benzene rings is 1. The number of nitrogens with two attached hydrogens (primary N) is 1. The normalized spacial score (nSPS) is 16.6. The predicted octanol–water partition coefficient (Wildman–Crippen LogP) is 3.03. The van der Waals surface area contributed by atoms with Crippen LogP contribution in [0, 0.1) is 0 Å². The highest BCUT2D eigenvalue weighted by Crippen LogP contribution is 2.34. The van der Waals surface area contributed by atoms with Crippen molar-refractivity contribution < 1.29 is 19.1 Å². The van der Waals surface area contributed by atoms with E-state index in [9.17, 15) is 9.59 Å². The minimum Gasteiger partial charge on any atom is -0.464 e. The van der Waals surface area contributed by atoms with Gasteiger partial charge in [-0.05, 0) is 31.0 Å². The molecule has 1 atom stereocenters. The standard InChI is InChI=1S/C19H25N5O4/c1-27-18(25)16-15-12-8-7-11(22-19(26)28-2)10-14(12)21-9-5-3-4-6-13(20)17(23-15)24-16/h7-8,10,13,21H,3-6,9,20H2,1-2H3,(H,22,26)(H,23,24). The maximum Gasteiger partial charge on any atom is 0.411 e. The summed E-state index contributed by atoms with van der Waals surface area (Å²) in [5.41, 5.74) is 9.00. The second-order valence-electron chi connectivity index (χ2n) is 6.60. The number of aromatic amines is 1. The minimum absolute atomic E-state index is 0.254. The minimum atomic E-state index is -0.559. The maximum absolute atomic E-state index is 12.3. The molecule has 1 aliphatic heterocycles. The SMILES string of the molecule is COC(=O)Nc1ccc2c(c1)NCCCCCC(N)c1nc-2c(C(=O)OC)[nH]1.